The van der Waals surface area contributed by atoms with E-state index in [2.05, 4.69) is 4.57 Å². The number of esters is 1. The molecule has 2 heterocycles. The average molecular weight is 363 g/mol. The maximum absolute atomic E-state index is 13.7. The Balaban J connectivity index is 1.77. The number of aromatic nitrogens is 1. The van der Waals surface area contributed by atoms with Gasteiger partial charge in [-0.3, -0.25) is 0 Å². The second kappa shape index (κ2) is 7.11. The largest absolute Gasteiger partial charge is 0.460 e. The number of carbonyl (C=O) groups is 1. The van der Waals surface area contributed by atoms with Gasteiger partial charge in [-0.2, -0.15) is 0 Å². The lowest BCUT2D eigenvalue weighted by molar-refractivity contribution is 0.0488. The van der Waals surface area contributed by atoms with Gasteiger partial charge in [0, 0.05) is 16.6 Å². The van der Waals surface area contributed by atoms with Crippen LogP contribution in [-0.2, 0) is 11.3 Å². The number of rotatable bonds is 5. The number of benzene rings is 2. The number of furan rings is 1. The van der Waals surface area contributed by atoms with Crippen LogP contribution < -0.4 is 0 Å². The molecule has 2 aromatic carbocycles. The summed E-state index contributed by atoms with van der Waals surface area (Å²) >= 11 is 0. The van der Waals surface area contributed by atoms with Gasteiger partial charge >= 0.3 is 5.97 Å². The Labute approximate surface area is 155 Å². The molecule has 0 N–H and O–H groups in total. The van der Waals surface area contributed by atoms with Crippen molar-refractivity contribution in [2.24, 2.45) is 0 Å². The Morgan fingerprint density at radius 2 is 1.89 bits per heavy atom. The Morgan fingerprint density at radius 1 is 1.07 bits per heavy atom. The van der Waals surface area contributed by atoms with Crippen LogP contribution >= 0.6 is 0 Å². The molecular formula is C22H18FNO3. The molecule has 0 atom stereocenters. The van der Waals surface area contributed by atoms with Crippen LogP contribution in [0.1, 0.15) is 23.2 Å². The van der Waals surface area contributed by atoms with Crippen molar-refractivity contribution in [1.29, 1.82) is 0 Å². The van der Waals surface area contributed by atoms with Crippen molar-refractivity contribution in [3.8, 4) is 11.3 Å². The fourth-order valence-electron chi connectivity index (χ4n) is 3.19. The van der Waals surface area contributed by atoms with E-state index in [1.165, 1.54) is 12.1 Å². The second-order valence-electron chi connectivity index (χ2n) is 6.17. The van der Waals surface area contributed by atoms with Gasteiger partial charge in [0.2, 0.25) is 5.76 Å². The van der Waals surface area contributed by atoms with Crippen LogP contribution in [0.4, 0.5) is 4.39 Å². The van der Waals surface area contributed by atoms with Crippen molar-refractivity contribution in [2.45, 2.75) is 13.5 Å². The molecule has 0 spiro atoms. The van der Waals surface area contributed by atoms with E-state index >= 15 is 0 Å². The Morgan fingerprint density at radius 3 is 2.67 bits per heavy atom. The molecule has 4 nitrogen and oxygen atoms in total. The number of hydrogen-bond acceptors (Lipinski definition) is 3. The monoisotopic (exact) mass is 363 g/mol. The molecule has 0 amide bonds. The number of ether oxygens (including phenoxy) is 1. The summed E-state index contributed by atoms with van der Waals surface area (Å²) in [4.78, 5) is 11.8. The van der Waals surface area contributed by atoms with Crippen molar-refractivity contribution in [1.82, 2.24) is 4.57 Å². The van der Waals surface area contributed by atoms with Crippen LogP contribution in [0.5, 0.6) is 0 Å². The summed E-state index contributed by atoms with van der Waals surface area (Å²) in [5, 5.41) is 0.811. The first-order valence-corrected chi connectivity index (χ1v) is 8.76. The van der Waals surface area contributed by atoms with Gasteiger partial charge in [0.15, 0.2) is 0 Å². The summed E-state index contributed by atoms with van der Waals surface area (Å²) < 4.78 is 26.4. The van der Waals surface area contributed by atoms with Crippen molar-refractivity contribution in [3.63, 3.8) is 0 Å². The minimum absolute atomic E-state index is 0.176. The molecule has 4 rings (SSSR count). The molecule has 0 fully saturated rings. The number of hydrogen-bond donors (Lipinski definition) is 0. The van der Waals surface area contributed by atoms with Gasteiger partial charge < -0.3 is 13.7 Å². The number of fused-ring (bicyclic) bond motifs is 1. The normalized spacial score (nSPS) is 11.0. The van der Waals surface area contributed by atoms with Crippen molar-refractivity contribution >= 4 is 16.9 Å². The second-order valence-corrected chi connectivity index (χ2v) is 6.17. The quantitative estimate of drug-likeness (QED) is 0.454. The minimum atomic E-state index is -0.480. The fourth-order valence-corrected chi connectivity index (χ4v) is 3.19. The molecule has 136 valence electrons. The average Bonchev–Trinajstić information content (AvgIpc) is 3.28. The first kappa shape index (κ1) is 17.1. The molecule has 0 aliphatic carbocycles. The smallest absolute Gasteiger partial charge is 0.374 e. The molecule has 0 saturated heterocycles. The summed E-state index contributed by atoms with van der Waals surface area (Å²) in [5.41, 5.74) is 2.86. The van der Waals surface area contributed by atoms with E-state index < -0.39 is 5.97 Å². The number of carbonyl (C=O) groups excluding carboxylic acids is 1. The zero-order valence-electron chi connectivity index (χ0n) is 14.8. The molecule has 0 bridgehead atoms. The van der Waals surface area contributed by atoms with Gasteiger partial charge in [-0.05, 0) is 48.9 Å². The van der Waals surface area contributed by atoms with Crippen LogP contribution in [0.25, 0.3) is 22.2 Å². The lowest BCUT2D eigenvalue weighted by Gasteiger charge is -2.09. The molecule has 0 aliphatic rings. The van der Waals surface area contributed by atoms with E-state index in [1.54, 1.807) is 25.1 Å². The molecule has 0 saturated carbocycles. The fraction of sp³-hybridized carbons (Fsp3) is 0.136. The molecule has 0 radical (unpaired) electrons. The Hall–Kier alpha value is -3.34. The molecule has 4 aromatic rings. The first-order valence-electron chi connectivity index (χ1n) is 8.76. The van der Waals surface area contributed by atoms with Crippen LogP contribution in [0, 0.1) is 5.82 Å². The molecule has 5 heteroatoms. The van der Waals surface area contributed by atoms with Gasteiger partial charge in [-0.1, -0.05) is 30.3 Å². The van der Waals surface area contributed by atoms with Crippen LogP contribution in [0.15, 0.2) is 71.1 Å². The van der Waals surface area contributed by atoms with Crippen LogP contribution in [0.2, 0.25) is 0 Å². The maximum Gasteiger partial charge on any atom is 0.374 e. The zero-order valence-corrected chi connectivity index (χ0v) is 14.8. The van der Waals surface area contributed by atoms with Crippen molar-refractivity contribution in [3.05, 3.63) is 84.1 Å². The third-order valence-corrected chi connectivity index (χ3v) is 4.39. The van der Waals surface area contributed by atoms with Gasteiger partial charge in [0.05, 0.1) is 13.2 Å². The summed E-state index contributed by atoms with van der Waals surface area (Å²) in [6.45, 7) is 2.46. The highest BCUT2D eigenvalue weighted by atomic mass is 19.1. The lowest BCUT2D eigenvalue weighted by atomic mass is 10.1. The van der Waals surface area contributed by atoms with Gasteiger partial charge in [0.1, 0.15) is 11.6 Å². The third-order valence-electron chi connectivity index (χ3n) is 4.39. The zero-order chi connectivity index (χ0) is 18.8. The highest BCUT2D eigenvalue weighted by molar-refractivity contribution is 5.87. The number of nitrogens with zero attached hydrogens (tertiary/aromatic N) is 1. The van der Waals surface area contributed by atoms with Crippen LogP contribution in [0.3, 0.4) is 0 Å². The van der Waals surface area contributed by atoms with E-state index in [1.807, 2.05) is 36.4 Å². The highest BCUT2D eigenvalue weighted by Crippen LogP contribution is 2.30. The molecule has 0 unspecified atom stereocenters. The van der Waals surface area contributed by atoms with Gasteiger partial charge in [0.25, 0.3) is 0 Å². The van der Waals surface area contributed by atoms with E-state index in [9.17, 15) is 9.18 Å². The molecule has 0 aliphatic heterocycles. The SMILES string of the molecule is CCOC(=O)c1ccc(Cn2c(-c3ccccc3)cc3cc(F)ccc32)o1. The third kappa shape index (κ3) is 3.36. The van der Waals surface area contributed by atoms with Crippen LogP contribution in [-0.4, -0.2) is 17.1 Å². The van der Waals surface area contributed by atoms with E-state index in [-0.39, 0.29) is 11.6 Å². The minimum Gasteiger partial charge on any atom is -0.460 e. The highest BCUT2D eigenvalue weighted by Gasteiger charge is 2.16. The molecular weight excluding hydrogens is 345 g/mol. The predicted molar refractivity (Wildman–Crippen MR) is 101 cm³/mol. The summed E-state index contributed by atoms with van der Waals surface area (Å²) in [7, 11) is 0. The van der Waals surface area contributed by atoms with E-state index in [4.69, 9.17) is 9.15 Å². The van der Waals surface area contributed by atoms with Gasteiger partial charge in [-0.25, -0.2) is 9.18 Å². The topological polar surface area (TPSA) is 44.4 Å². The summed E-state index contributed by atoms with van der Waals surface area (Å²) in [6, 6.07) is 19.9. The summed E-state index contributed by atoms with van der Waals surface area (Å²) in [6.07, 6.45) is 0. The standard InChI is InChI=1S/C22H18FNO3/c1-2-26-22(25)21-11-9-18(27-21)14-24-19-10-8-17(23)12-16(19)13-20(24)15-6-4-3-5-7-15/h3-13H,2,14H2,1H3. The van der Waals surface area contributed by atoms with Gasteiger partial charge in [-0.15, -0.1) is 0 Å². The number of halogens is 1. The van der Waals surface area contributed by atoms with Crippen molar-refractivity contribution in [2.75, 3.05) is 6.61 Å². The first-order chi connectivity index (χ1) is 13.2. The predicted octanol–water partition coefficient (Wildman–Crippen LogP) is 5.27. The summed E-state index contributed by atoms with van der Waals surface area (Å²) in [5.74, 6) is 0.0426. The van der Waals surface area contributed by atoms with E-state index in [0.29, 0.717) is 18.9 Å². The maximum atomic E-state index is 13.7. The molecule has 27 heavy (non-hydrogen) atoms. The Kier molecular flexibility index (Phi) is 4.50. The molecule has 2 aromatic heterocycles. The Bertz CT molecular complexity index is 1100. The lowest BCUT2D eigenvalue weighted by Crippen LogP contribution is -2.03. The van der Waals surface area contributed by atoms with Crippen molar-refractivity contribution < 1.29 is 18.3 Å². The van der Waals surface area contributed by atoms with E-state index in [0.717, 1.165) is 22.2 Å².